The zero-order valence-corrected chi connectivity index (χ0v) is 8.63. The molecule has 14 heavy (non-hydrogen) atoms. The van der Waals surface area contributed by atoms with Crippen LogP contribution in [-0.4, -0.2) is 29.2 Å². The van der Waals surface area contributed by atoms with Crippen LogP contribution in [0, 0.1) is 6.92 Å². The standard InChI is InChI=1S/C9H11ClFN3/c1-6-12-8(10)4-9(13-6)14-3-2-7(11)5-14/h4,7H,2-3,5H2,1H3/t7-/m1/s1. The minimum Gasteiger partial charge on any atom is -0.353 e. The van der Waals surface area contributed by atoms with E-state index in [2.05, 4.69) is 9.97 Å². The summed E-state index contributed by atoms with van der Waals surface area (Å²) in [6.07, 6.45) is -0.176. The monoisotopic (exact) mass is 215 g/mol. The zero-order chi connectivity index (χ0) is 10.1. The molecule has 0 saturated carbocycles. The second kappa shape index (κ2) is 3.69. The van der Waals surface area contributed by atoms with Crippen LogP contribution in [0.1, 0.15) is 12.2 Å². The van der Waals surface area contributed by atoms with Gasteiger partial charge in [-0.2, -0.15) is 0 Å². The van der Waals surface area contributed by atoms with Gasteiger partial charge in [-0.15, -0.1) is 0 Å². The number of halogens is 2. The summed E-state index contributed by atoms with van der Waals surface area (Å²) in [5, 5.41) is 0.412. The molecule has 0 bridgehead atoms. The van der Waals surface area contributed by atoms with Crippen molar-refractivity contribution >= 4 is 17.4 Å². The van der Waals surface area contributed by atoms with Crippen LogP contribution in [0.3, 0.4) is 0 Å². The lowest BCUT2D eigenvalue weighted by atomic mass is 10.3. The molecule has 1 atom stereocenters. The van der Waals surface area contributed by atoms with E-state index in [1.54, 1.807) is 13.0 Å². The van der Waals surface area contributed by atoms with Crippen molar-refractivity contribution in [1.29, 1.82) is 0 Å². The first-order valence-corrected chi connectivity index (χ1v) is 4.93. The molecule has 3 nitrogen and oxygen atoms in total. The summed E-state index contributed by atoms with van der Waals surface area (Å²) >= 11 is 5.79. The van der Waals surface area contributed by atoms with Crippen LogP contribution >= 0.6 is 11.6 Å². The zero-order valence-electron chi connectivity index (χ0n) is 7.87. The Kier molecular flexibility index (Phi) is 2.54. The van der Waals surface area contributed by atoms with Crippen molar-refractivity contribution in [2.75, 3.05) is 18.0 Å². The van der Waals surface area contributed by atoms with Crippen molar-refractivity contribution in [3.8, 4) is 0 Å². The molecule has 5 heteroatoms. The Balaban J connectivity index is 2.23. The summed E-state index contributed by atoms with van der Waals surface area (Å²) in [4.78, 5) is 10.1. The lowest BCUT2D eigenvalue weighted by Crippen LogP contribution is -2.21. The van der Waals surface area contributed by atoms with Gasteiger partial charge >= 0.3 is 0 Å². The number of alkyl halides is 1. The number of hydrogen-bond donors (Lipinski definition) is 0. The first-order valence-electron chi connectivity index (χ1n) is 4.55. The maximum absolute atomic E-state index is 12.9. The SMILES string of the molecule is Cc1nc(Cl)cc(N2CC[C@@H](F)C2)n1. The Bertz CT molecular complexity index is 325. The van der Waals surface area contributed by atoms with Crippen molar-refractivity contribution < 1.29 is 4.39 Å². The molecule has 1 saturated heterocycles. The molecule has 1 fully saturated rings. The summed E-state index contributed by atoms with van der Waals surface area (Å²) in [7, 11) is 0. The number of aryl methyl sites for hydroxylation is 1. The van der Waals surface area contributed by atoms with Crippen molar-refractivity contribution in [3.05, 3.63) is 17.0 Å². The molecule has 2 rings (SSSR count). The van der Waals surface area contributed by atoms with Crippen LogP contribution in [-0.2, 0) is 0 Å². The predicted octanol–water partition coefficient (Wildman–Crippen LogP) is 1.99. The molecular weight excluding hydrogens is 205 g/mol. The lowest BCUT2D eigenvalue weighted by Gasteiger charge is -2.16. The van der Waals surface area contributed by atoms with E-state index in [0.29, 0.717) is 30.5 Å². The second-order valence-electron chi connectivity index (χ2n) is 3.43. The largest absolute Gasteiger partial charge is 0.353 e. The van der Waals surface area contributed by atoms with Crippen molar-refractivity contribution in [2.24, 2.45) is 0 Å². The first kappa shape index (κ1) is 9.65. The highest BCUT2D eigenvalue weighted by Crippen LogP contribution is 2.21. The molecule has 0 amide bonds. The quantitative estimate of drug-likeness (QED) is 0.671. The molecular formula is C9H11ClFN3. The van der Waals surface area contributed by atoms with Crippen LogP contribution in [0.15, 0.2) is 6.07 Å². The van der Waals surface area contributed by atoms with Gasteiger partial charge in [-0.3, -0.25) is 0 Å². The highest BCUT2D eigenvalue weighted by molar-refractivity contribution is 6.29. The molecule has 0 N–H and O–H groups in total. The summed E-state index contributed by atoms with van der Waals surface area (Å²) in [6.45, 7) is 2.89. The van der Waals surface area contributed by atoms with Gasteiger partial charge in [-0.25, -0.2) is 14.4 Å². The lowest BCUT2D eigenvalue weighted by molar-refractivity contribution is 0.364. The molecule has 0 aliphatic carbocycles. The minimum absolute atomic E-state index is 0.410. The van der Waals surface area contributed by atoms with Crippen LogP contribution in [0.25, 0.3) is 0 Å². The third-order valence-corrected chi connectivity index (χ3v) is 2.44. The average molecular weight is 216 g/mol. The Morgan fingerprint density at radius 2 is 2.36 bits per heavy atom. The number of nitrogens with zero attached hydrogens (tertiary/aromatic N) is 3. The van der Waals surface area contributed by atoms with E-state index in [4.69, 9.17) is 11.6 Å². The fraction of sp³-hybridized carbons (Fsp3) is 0.556. The highest BCUT2D eigenvalue weighted by atomic mass is 35.5. The minimum atomic E-state index is -0.746. The van der Waals surface area contributed by atoms with Crippen molar-refractivity contribution in [3.63, 3.8) is 0 Å². The highest BCUT2D eigenvalue weighted by Gasteiger charge is 2.23. The molecule has 1 aliphatic rings. The third kappa shape index (κ3) is 1.95. The van der Waals surface area contributed by atoms with Gasteiger partial charge in [0, 0.05) is 12.6 Å². The molecule has 0 radical (unpaired) electrons. The Morgan fingerprint density at radius 3 is 2.93 bits per heavy atom. The molecule has 0 spiro atoms. The Morgan fingerprint density at radius 1 is 1.57 bits per heavy atom. The summed E-state index contributed by atoms with van der Waals surface area (Å²) in [5.41, 5.74) is 0. The number of rotatable bonds is 1. The van der Waals surface area contributed by atoms with Gasteiger partial charge in [0.15, 0.2) is 0 Å². The van der Waals surface area contributed by atoms with E-state index in [-0.39, 0.29) is 0 Å². The number of aromatic nitrogens is 2. The third-order valence-electron chi connectivity index (χ3n) is 2.25. The molecule has 1 aliphatic heterocycles. The summed E-state index contributed by atoms with van der Waals surface area (Å²) in [5.74, 6) is 1.34. The molecule has 0 aromatic carbocycles. The molecule has 1 aromatic rings. The first-order chi connectivity index (χ1) is 6.65. The van der Waals surface area contributed by atoms with E-state index in [1.807, 2.05) is 4.90 Å². The van der Waals surface area contributed by atoms with Gasteiger partial charge in [-0.05, 0) is 13.3 Å². The van der Waals surface area contributed by atoms with Crippen LogP contribution in [0.4, 0.5) is 10.2 Å². The van der Waals surface area contributed by atoms with Gasteiger partial charge in [-0.1, -0.05) is 11.6 Å². The summed E-state index contributed by atoms with van der Waals surface area (Å²) in [6, 6.07) is 1.67. The molecule has 2 heterocycles. The van der Waals surface area contributed by atoms with Gasteiger partial charge < -0.3 is 4.90 Å². The van der Waals surface area contributed by atoms with Crippen molar-refractivity contribution in [1.82, 2.24) is 9.97 Å². The second-order valence-corrected chi connectivity index (χ2v) is 3.82. The van der Waals surface area contributed by atoms with E-state index in [0.717, 1.165) is 5.82 Å². The Labute approximate surface area is 86.9 Å². The molecule has 76 valence electrons. The van der Waals surface area contributed by atoms with E-state index >= 15 is 0 Å². The smallest absolute Gasteiger partial charge is 0.134 e. The van der Waals surface area contributed by atoms with Crippen LogP contribution < -0.4 is 4.90 Å². The predicted molar refractivity (Wildman–Crippen MR) is 53.5 cm³/mol. The van der Waals surface area contributed by atoms with Crippen molar-refractivity contribution in [2.45, 2.75) is 19.5 Å². The van der Waals surface area contributed by atoms with E-state index in [9.17, 15) is 4.39 Å². The van der Waals surface area contributed by atoms with Gasteiger partial charge in [0.05, 0.1) is 6.54 Å². The fourth-order valence-corrected chi connectivity index (χ4v) is 1.82. The van der Waals surface area contributed by atoms with Gasteiger partial charge in [0.2, 0.25) is 0 Å². The van der Waals surface area contributed by atoms with Gasteiger partial charge in [0.25, 0.3) is 0 Å². The topological polar surface area (TPSA) is 29.0 Å². The van der Waals surface area contributed by atoms with Crippen LogP contribution in [0.5, 0.6) is 0 Å². The van der Waals surface area contributed by atoms with Gasteiger partial charge in [0.1, 0.15) is 23.0 Å². The fourth-order valence-electron chi connectivity index (χ4n) is 1.60. The Hall–Kier alpha value is -0.900. The van der Waals surface area contributed by atoms with E-state index in [1.165, 1.54) is 0 Å². The average Bonchev–Trinajstić information content (AvgIpc) is 2.50. The normalized spacial score (nSPS) is 21.6. The van der Waals surface area contributed by atoms with E-state index < -0.39 is 6.17 Å². The molecule has 0 unspecified atom stereocenters. The number of hydrogen-bond acceptors (Lipinski definition) is 3. The maximum Gasteiger partial charge on any atom is 0.134 e. The van der Waals surface area contributed by atoms with Crippen LogP contribution in [0.2, 0.25) is 5.15 Å². The number of anilines is 1. The molecule has 1 aromatic heterocycles. The maximum atomic E-state index is 12.9. The summed E-state index contributed by atoms with van der Waals surface area (Å²) < 4.78 is 12.9.